The number of anilines is 1. The number of carbonyl (C=O) groups excluding carboxylic acids is 1. The minimum Gasteiger partial charge on any atom is -0.469 e. The van der Waals surface area contributed by atoms with E-state index in [0.717, 1.165) is 10.9 Å². The van der Waals surface area contributed by atoms with Crippen molar-refractivity contribution in [1.82, 2.24) is 4.98 Å². The molecule has 5 nitrogen and oxygen atoms in total. The highest BCUT2D eigenvalue weighted by atomic mass is 16.5. The first kappa shape index (κ1) is 14.8. The molecule has 0 N–H and O–H groups in total. The van der Waals surface area contributed by atoms with Crippen LogP contribution < -0.4 is 4.90 Å². The van der Waals surface area contributed by atoms with Crippen molar-refractivity contribution in [3.05, 3.63) is 35.9 Å². The third-order valence-electron chi connectivity index (χ3n) is 3.37. The zero-order valence-electron chi connectivity index (χ0n) is 12.3. The minimum atomic E-state index is -0.265. The molecule has 1 aromatic heterocycles. The van der Waals surface area contributed by atoms with Gasteiger partial charge in [-0.05, 0) is 12.1 Å². The summed E-state index contributed by atoms with van der Waals surface area (Å²) in [6, 6.07) is 11.5. The number of aromatic nitrogens is 1. The normalized spacial score (nSPS) is 11.7. The number of esters is 1. The molecule has 1 heterocycles. The zero-order chi connectivity index (χ0) is 15.4. The van der Waals surface area contributed by atoms with Gasteiger partial charge in [0.1, 0.15) is 5.82 Å². The molecule has 0 bridgehead atoms. The monoisotopic (exact) mass is 283 g/mol. The molecule has 2 aromatic rings. The molecular formula is C16H17N3O2. The van der Waals surface area contributed by atoms with Crippen molar-refractivity contribution in [2.24, 2.45) is 5.92 Å². The van der Waals surface area contributed by atoms with Gasteiger partial charge in [0.25, 0.3) is 0 Å². The van der Waals surface area contributed by atoms with Crippen LogP contribution in [0.3, 0.4) is 0 Å². The largest absolute Gasteiger partial charge is 0.469 e. The van der Waals surface area contributed by atoms with E-state index in [1.165, 1.54) is 7.11 Å². The number of rotatable bonds is 4. The van der Waals surface area contributed by atoms with E-state index < -0.39 is 0 Å². The molecule has 0 saturated heterocycles. The molecule has 0 aliphatic rings. The molecule has 5 heteroatoms. The maximum absolute atomic E-state index is 11.5. The molecule has 0 aliphatic heterocycles. The molecular weight excluding hydrogens is 266 g/mol. The quantitative estimate of drug-likeness (QED) is 0.806. The fraction of sp³-hybridized carbons (Fsp3) is 0.312. The third kappa shape index (κ3) is 3.11. The summed E-state index contributed by atoms with van der Waals surface area (Å²) in [7, 11) is 3.22. The molecule has 1 unspecified atom stereocenters. The van der Waals surface area contributed by atoms with Crippen LogP contribution in [0.2, 0.25) is 0 Å². The van der Waals surface area contributed by atoms with Crippen LogP contribution in [0.5, 0.6) is 0 Å². The van der Waals surface area contributed by atoms with Crippen LogP contribution in [0.1, 0.15) is 12.5 Å². The van der Waals surface area contributed by atoms with Gasteiger partial charge in [-0.25, -0.2) is 4.98 Å². The lowest BCUT2D eigenvalue weighted by Gasteiger charge is -2.21. The van der Waals surface area contributed by atoms with Crippen LogP contribution in [0.15, 0.2) is 30.3 Å². The molecule has 108 valence electrons. The van der Waals surface area contributed by atoms with Gasteiger partial charge in [0.2, 0.25) is 0 Å². The summed E-state index contributed by atoms with van der Waals surface area (Å²) in [6.07, 6.45) is 0. The van der Waals surface area contributed by atoms with E-state index in [-0.39, 0.29) is 11.9 Å². The molecule has 1 aromatic carbocycles. The van der Waals surface area contributed by atoms with Crippen LogP contribution in [0.25, 0.3) is 10.9 Å². The van der Waals surface area contributed by atoms with Gasteiger partial charge in [-0.3, -0.25) is 4.79 Å². The average molecular weight is 283 g/mol. The highest BCUT2D eigenvalue weighted by molar-refractivity contribution is 5.86. The highest BCUT2D eigenvalue weighted by Crippen LogP contribution is 2.22. The molecule has 21 heavy (non-hydrogen) atoms. The summed E-state index contributed by atoms with van der Waals surface area (Å²) in [4.78, 5) is 17.9. The molecule has 0 radical (unpaired) electrons. The summed E-state index contributed by atoms with van der Waals surface area (Å²) >= 11 is 0. The fourth-order valence-electron chi connectivity index (χ4n) is 2.23. The maximum Gasteiger partial charge on any atom is 0.310 e. The van der Waals surface area contributed by atoms with E-state index in [9.17, 15) is 10.1 Å². The van der Waals surface area contributed by atoms with Crippen molar-refractivity contribution >= 4 is 22.7 Å². The highest BCUT2D eigenvalue weighted by Gasteiger charge is 2.17. The van der Waals surface area contributed by atoms with Crippen molar-refractivity contribution < 1.29 is 9.53 Å². The van der Waals surface area contributed by atoms with Gasteiger partial charge in [-0.1, -0.05) is 25.1 Å². The predicted octanol–water partition coefficient (Wildman–Crippen LogP) is 2.35. The van der Waals surface area contributed by atoms with E-state index in [2.05, 4.69) is 11.1 Å². The number of ether oxygens (including phenoxy) is 1. The van der Waals surface area contributed by atoms with Gasteiger partial charge in [-0.15, -0.1) is 0 Å². The second-order valence-corrected chi connectivity index (χ2v) is 4.96. The second-order valence-electron chi connectivity index (χ2n) is 4.96. The maximum atomic E-state index is 11.5. The second kappa shape index (κ2) is 6.23. The Labute approximate surface area is 123 Å². The Hall–Kier alpha value is -2.61. The number of pyridine rings is 1. The van der Waals surface area contributed by atoms with E-state index >= 15 is 0 Å². The first-order chi connectivity index (χ1) is 10.1. The first-order valence-corrected chi connectivity index (χ1v) is 6.65. The van der Waals surface area contributed by atoms with Crippen LogP contribution in [0, 0.1) is 17.2 Å². The summed E-state index contributed by atoms with van der Waals surface area (Å²) < 4.78 is 4.73. The summed E-state index contributed by atoms with van der Waals surface area (Å²) in [5.41, 5.74) is 1.34. The Kier molecular flexibility index (Phi) is 4.39. The van der Waals surface area contributed by atoms with Crippen molar-refractivity contribution in [2.45, 2.75) is 6.92 Å². The molecule has 0 amide bonds. The number of carbonyl (C=O) groups is 1. The predicted molar refractivity (Wildman–Crippen MR) is 80.9 cm³/mol. The van der Waals surface area contributed by atoms with Gasteiger partial charge in [0, 0.05) is 19.0 Å². The number of hydrogen-bond acceptors (Lipinski definition) is 5. The molecule has 1 atom stereocenters. The standard InChI is InChI=1S/C16H17N3O2/c1-11(16(20)21-3)10-19(2)15-8-12(9-17)13-6-4-5-7-14(13)18-15/h4-8,11H,10H2,1-3H3. The van der Waals surface area contributed by atoms with Crippen LogP contribution in [0.4, 0.5) is 5.82 Å². The Bertz CT molecular complexity index is 706. The lowest BCUT2D eigenvalue weighted by atomic mass is 10.1. The average Bonchev–Trinajstić information content (AvgIpc) is 2.52. The lowest BCUT2D eigenvalue weighted by Crippen LogP contribution is -2.29. The third-order valence-corrected chi connectivity index (χ3v) is 3.37. The van der Waals surface area contributed by atoms with Crippen molar-refractivity contribution in [1.29, 1.82) is 5.26 Å². The van der Waals surface area contributed by atoms with Crippen LogP contribution in [-0.2, 0) is 9.53 Å². The van der Waals surface area contributed by atoms with E-state index in [0.29, 0.717) is 17.9 Å². The van der Waals surface area contributed by atoms with Gasteiger partial charge < -0.3 is 9.64 Å². The van der Waals surface area contributed by atoms with E-state index in [1.807, 2.05) is 36.2 Å². The topological polar surface area (TPSA) is 66.2 Å². The zero-order valence-corrected chi connectivity index (χ0v) is 12.3. The number of nitrogens with zero attached hydrogens (tertiary/aromatic N) is 3. The number of nitriles is 1. The van der Waals surface area contributed by atoms with Crippen molar-refractivity contribution in [2.75, 3.05) is 25.6 Å². The number of benzene rings is 1. The fourth-order valence-corrected chi connectivity index (χ4v) is 2.23. The van der Waals surface area contributed by atoms with Crippen LogP contribution >= 0.6 is 0 Å². The summed E-state index contributed by atoms with van der Waals surface area (Å²) in [5, 5.41) is 10.1. The summed E-state index contributed by atoms with van der Waals surface area (Å²) in [6.45, 7) is 2.28. The first-order valence-electron chi connectivity index (χ1n) is 6.65. The number of para-hydroxylation sites is 1. The number of hydrogen-bond donors (Lipinski definition) is 0. The summed E-state index contributed by atoms with van der Waals surface area (Å²) in [5.74, 6) is 0.142. The van der Waals surface area contributed by atoms with Gasteiger partial charge in [0.15, 0.2) is 0 Å². The van der Waals surface area contributed by atoms with E-state index in [1.54, 1.807) is 13.0 Å². The van der Waals surface area contributed by atoms with Gasteiger partial charge >= 0.3 is 5.97 Å². The van der Waals surface area contributed by atoms with Crippen molar-refractivity contribution in [3.63, 3.8) is 0 Å². The number of fused-ring (bicyclic) bond motifs is 1. The lowest BCUT2D eigenvalue weighted by molar-refractivity contribution is -0.144. The Morgan fingerprint density at radius 3 is 2.86 bits per heavy atom. The Morgan fingerprint density at radius 2 is 2.19 bits per heavy atom. The smallest absolute Gasteiger partial charge is 0.310 e. The minimum absolute atomic E-state index is 0.261. The van der Waals surface area contributed by atoms with Gasteiger partial charge in [0.05, 0.1) is 30.2 Å². The number of methoxy groups -OCH3 is 1. The van der Waals surface area contributed by atoms with Gasteiger partial charge in [-0.2, -0.15) is 5.26 Å². The Balaban J connectivity index is 2.34. The van der Waals surface area contributed by atoms with E-state index in [4.69, 9.17) is 4.74 Å². The van der Waals surface area contributed by atoms with Crippen molar-refractivity contribution in [3.8, 4) is 6.07 Å². The Morgan fingerprint density at radius 1 is 1.48 bits per heavy atom. The van der Waals surface area contributed by atoms with Crippen LogP contribution in [-0.4, -0.2) is 31.7 Å². The molecule has 0 aliphatic carbocycles. The molecule has 0 saturated carbocycles. The SMILES string of the molecule is COC(=O)C(C)CN(C)c1cc(C#N)c2ccccc2n1. The molecule has 0 spiro atoms. The molecule has 0 fully saturated rings. The molecule has 2 rings (SSSR count).